The Bertz CT molecular complexity index is 602. The van der Waals surface area contributed by atoms with Crippen LogP contribution in [0.1, 0.15) is 37.6 Å². The van der Waals surface area contributed by atoms with Gasteiger partial charge in [-0.3, -0.25) is 4.79 Å². The first-order valence-corrected chi connectivity index (χ1v) is 7.07. The van der Waals surface area contributed by atoms with Crippen LogP contribution in [0.5, 0.6) is 0 Å². The van der Waals surface area contributed by atoms with Crippen molar-refractivity contribution in [1.29, 1.82) is 5.26 Å². The highest BCUT2D eigenvalue weighted by molar-refractivity contribution is 6.31. The van der Waals surface area contributed by atoms with Crippen LogP contribution in [-0.2, 0) is 4.74 Å². The Balaban J connectivity index is 2.85. The Hall–Kier alpha value is -1.71. The molecule has 1 N–H and O–H groups in total. The number of hydrogen-bond donors (Lipinski definition) is 1. The van der Waals surface area contributed by atoms with E-state index in [2.05, 4.69) is 5.32 Å². The molecule has 22 heavy (non-hydrogen) atoms. The summed E-state index contributed by atoms with van der Waals surface area (Å²) in [7, 11) is 0. The summed E-state index contributed by atoms with van der Waals surface area (Å²) in [6, 6.07) is 3.83. The number of amides is 1. The molecule has 120 valence electrons. The highest BCUT2D eigenvalue weighted by Gasteiger charge is 2.28. The van der Waals surface area contributed by atoms with E-state index in [1.54, 1.807) is 0 Å². The number of halogens is 3. The van der Waals surface area contributed by atoms with Gasteiger partial charge < -0.3 is 10.1 Å². The van der Waals surface area contributed by atoms with Crippen LogP contribution in [0.2, 0.25) is 5.02 Å². The molecule has 1 aromatic carbocycles. The zero-order chi connectivity index (χ0) is 16.9. The van der Waals surface area contributed by atoms with Crippen LogP contribution in [0.4, 0.5) is 8.78 Å². The molecule has 0 radical (unpaired) electrons. The van der Waals surface area contributed by atoms with Gasteiger partial charge in [-0.2, -0.15) is 5.26 Å². The molecule has 0 saturated heterocycles. The van der Waals surface area contributed by atoms with Gasteiger partial charge in [0.05, 0.1) is 24.3 Å². The second kappa shape index (κ2) is 7.52. The van der Waals surface area contributed by atoms with E-state index >= 15 is 0 Å². The summed E-state index contributed by atoms with van der Waals surface area (Å²) in [5.74, 6) is -2.95. The molecule has 0 aromatic heterocycles. The van der Waals surface area contributed by atoms with Crippen molar-refractivity contribution in [3.8, 4) is 6.07 Å². The van der Waals surface area contributed by atoms with Gasteiger partial charge in [0.25, 0.3) is 5.91 Å². The molecule has 0 aliphatic heterocycles. The van der Waals surface area contributed by atoms with Gasteiger partial charge in [0.1, 0.15) is 16.4 Å². The summed E-state index contributed by atoms with van der Waals surface area (Å²) >= 11 is 5.44. The van der Waals surface area contributed by atoms with E-state index < -0.39 is 33.7 Å². The van der Waals surface area contributed by atoms with E-state index in [0.717, 1.165) is 12.1 Å². The molecule has 0 aliphatic rings. The monoisotopic (exact) mass is 330 g/mol. The molecule has 1 atom stereocenters. The third-order valence-electron chi connectivity index (χ3n) is 2.97. The van der Waals surface area contributed by atoms with Gasteiger partial charge >= 0.3 is 0 Å². The molecule has 7 heteroatoms. The Labute approximate surface area is 133 Å². The van der Waals surface area contributed by atoms with Crippen molar-refractivity contribution in [2.24, 2.45) is 0 Å². The first-order chi connectivity index (χ1) is 10.2. The van der Waals surface area contributed by atoms with E-state index in [0.29, 0.717) is 0 Å². The Morgan fingerprint density at radius 2 is 2.14 bits per heavy atom. The van der Waals surface area contributed by atoms with Crippen LogP contribution in [0.15, 0.2) is 12.1 Å². The number of benzene rings is 1. The zero-order valence-corrected chi connectivity index (χ0v) is 13.3. The molecule has 0 unspecified atom stereocenters. The standard InChI is InChI=1S/C15H17ClF2N2O2/c1-9(2)22-7-6-15(3,8-19)20-14(21)10-4-5-11(17)12(16)13(10)18/h4-5,9H,6-7H2,1-3H3,(H,20,21)/t15-/m1/s1. The van der Waals surface area contributed by atoms with Crippen LogP contribution >= 0.6 is 11.6 Å². The second-order valence-electron chi connectivity index (χ2n) is 5.29. The van der Waals surface area contributed by atoms with Crippen LogP contribution in [0.25, 0.3) is 0 Å². The lowest BCUT2D eigenvalue weighted by atomic mass is 9.99. The van der Waals surface area contributed by atoms with Crippen LogP contribution in [0, 0.1) is 23.0 Å². The number of rotatable bonds is 6. The maximum absolute atomic E-state index is 13.8. The first kappa shape index (κ1) is 18.3. The lowest BCUT2D eigenvalue weighted by molar-refractivity contribution is 0.0651. The SMILES string of the molecule is CC(C)OCC[C@](C)(C#N)NC(=O)c1ccc(F)c(Cl)c1F. The van der Waals surface area contributed by atoms with Crippen molar-refractivity contribution < 1.29 is 18.3 Å². The van der Waals surface area contributed by atoms with Gasteiger partial charge in [-0.15, -0.1) is 0 Å². The minimum Gasteiger partial charge on any atom is -0.379 e. The fourth-order valence-corrected chi connectivity index (χ4v) is 1.83. The van der Waals surface area contributed by atoms with Gasteiger partial charge in [0, 0.05) is 6.42 Å². The molecule has 1 rings (SSSR count). The lowest BCUT2D eigenvalue weighted by Crippen LogP contribution is -2.46. The number of nitriles is 1. The van der Waals surface area contributed by atoms with Crippen molar-refractivity contribution in [2.75, 3.05) is 6.61 Å². The second-order valence-corrected chi connectivity index (χ2v) is 5.67. The molecular weight excluding hydrogens is 314 g/mol. The number of nitrogens with zero attached hydrogens (tertiary/aromatic N) is 1. The topological polar surface area (TPSA) is 62.1 Å². The average molecular weight is 331 g/mol. The number of nitrogens with one attached hydrogen (secondary N) is 1. The van der Waals surface area contributed by atoms with Gasteiger partial charge in [0.2, 0.25) is 0 Å². The van der Waals surface area contributed by atoms with Crippen LogP contribution < -0.4 is 5.32 Å². The van der Waals surface area contributed by atoms with Gasteiger partial charge in [-0.1, -0.05) is 11.6 Å². The first-order valence-electron chi connectivity index (χ1n) is 6.69. The molecule has 4 nitrogen and oxygen atoms in total. The molecule has 0 heterocycles. The number of hydrogen-bond acceptors (Lipinski definition) is 3. The smallest absolute Gasteiger partial charge is 0.255 e. The predicted molar refractivity (Wildman–Crippen MR) is 78.6 cm³/mol. The normalized spacial score (nSPS) is 13.5. The lowest BCUT2D eigenvalue weighted by Gasteiger charge is -2.24. The molecule has 0 fully saturated rings. The molecular formula is C15H17ClF2N2O2. The quantitative estimate of drug-likeness (QED) is 0.813. The Morgan fingerprint density at radius 3 is 2.68 bits per heavy atom. The maximum Gasteiger partial charge on any atom is 0.255 e. The van der Waals surface area contributed by atoms with E-state index in [-0.39, 0.29) is 19.1 Å². The Morgan fingerprint density at radius 1 is 1.50 bits per heavy atom. The fraction of sp³-hybridized carbons (Fsp3) is 0.467. The molecule has 0 spiro atoms. The van der Waals surface area contributed by atoms with Crippen molar-refractivity contribution >= 4 is 17.5 Å². The van der Waals surface area contributed by atoms with E-state index in [1.165, 1.54) is 6.92 Å². The maximum atomic E-state index is 13.8. The van der Waals surface area contributed by atoms with E-state index in [4.69, 9.17) is 16.3 Å². The van der Waals surface area contributed by atoms with E-state index in [9.17, 15) is 18.8 Å². The summed E-state index contributed by atoms with van der Waals surface area (Å²) < 4.78 is 32.2. The zero-order valence-electron chi connectivity index (χ0n) is 12.5. The minimum absolute atomic E-state index is 0.00741. The van der Waals surface area contributed by atoms with Crippen molar-refractivity contribution in [2.45, 2.75) is 38.8 Å². The molecule has 0 bridgehead atoms. The molecule has 0 saturated carbocycles. The highest BCUT2D eigenvalue weighted by atomic mass is 35.5. The third kappa shape index (κ3) is 4.65. The number of carbonyl (C=O) groups is 1. The van der Waals surface area contributed by atoms with Gasteiger partial charge in [-0.25, -0.2) is 8.78 Å². The molecule has 0 aliphatic carbocycles. The van der Waals surface area contributed by atoms with Crippen LogP contribution in [0.3, 0.4) is 0 Å². The molecule has 1 aromatic rings. The fourth-order valence-electron chi connectivity index (χ4n) is 1.66. The Kier molecular flexibility index (Phi) is 6.27. The van der Waals surface area contributed by atoms with Crippen molar-refractivity contribution in [1.82, 2.24) is 5.32 Å². The van der Waals surface area contributed by atoms with Gasteiger partial charge in [0.15, 0.2) is 5.82 Å². The third-order valence-corrected chi connectivity index (χ3v) is 3.32. The van der Waals surface area contributed by atoms with Crippen molar-refractivity contribution in [3.63, 3.8) is 0 Å². The number of carbonyl (C=O) groups excluding carboxylic acids is 1. The average Bonchev–Trinajstić information content (AvgIpc) is 2.44. The summed E-state index contributed by atoms with van der Waals surface area (Å²) in [6.07, 6.45) is 0.219. The highest BCUT2D eigenvalue weighted by Crippen LogP contribution is 2.22. The predicted octanol–water partition coefficient (Wildman–Crippen LogP) is 3.45. The number of ether oxygens (including phenoxy) is 1. The van der Waals surface area contributed by atoms with Gasteiger partial charge in [-0.05, 0) is 32.9 Å². The summed E-state index contributed by atoms with van der Waals surface area (Å²) in [5, 5.41) is 10.9. The van der Waals surface area contributed by atoms with Crippen LogP contribution in [-0.4, -0.2) is 24.2 Å². The largest absolute Gasteiger partial charge is 0.379 e. The minimum atomic E-state index is -1.24. The summed E-state index contributed by atoms with van der Waals surface area (Å²) in [4.78, 5) is 12.1. The molecule has 1 amide bonds. The van der Waals surface area contributed by atoms with Crippen molar-refractivity contribution in [3.05, 3.63) is 34.4 Å². The summed E-state index contributed by atoms with van der Waals surface area (Å²) in [6.45, 7) is 5.45. The van der Waals surface area contributed by atoms with E-state index in [1.807, 2.05) is 19.9 Å². The summed E-state index contributed by atoms with van der Waals surface area (Å²) in [5.41, 5.74) is -1.66.